The number of hydrogen-bond acceptors (Lipinski definition) is 2. The largest absolute Gasteiger partial charge is 0.353 e. The van der Waals surface area contributed by atoms with E-state index in [4.69, 9.17) is 0 Å². The second-order valence-electron chi connectivity index (χ2n) is 5.69. The second-order valence-corrected chi connectivity index (χ2v) is 5.69. The molecule has 20 heavy (non-hydrogen) atoms. The van der Waals surface area contributed by atoms with Gasteiger partial charge >= 0.3 is 0 Å². The molecule has 0 spiro atoms. The number of carbonyl (C=O) groups excluding carboxylic acids is 1. The highest BCUT2D eigenvalue weighted by molar-refractivity contribution is 5.79. The van der Waals surface area contributed by atoms with Crippen molar-refractivity contribution in [1.29, 1.82) is 0 Å². The van der Waals surface area contributed by atoms with E-state index in [0.29, 0.717) is 0 Å². The molecular weight excluding hydrogens is 250 g/mol. The SMILES string of the molecule is CCC(C)NC(=O)C1CCc2nc3ccccn3c2C1. The molecule has 1 N–H and O–H groups in total. The number of nitrogens with one attached hydrogen (secondary N) is 1. The molecule has 2 heterocycles. The van der Waals surface area contributed by atoms with Gasteiger partial charge < -0.3 is 9.72 Å². The van der Waals surface area contributed by atoms with Crippen LogP contribution in [0.4, 0.5) is 0 Å². The van der Waals surface area contributed by atoms with Crippen LogP contribution < -0.4 is 5.32 Å². The topological polar surface area (TPSA) is 46.4 Å². The van der Waals surface area contributed by atoms with Gasteiger partial charge in [0.2, 0.25) is 5.91 Å². The summed E-state index contributed by atoms with van der Waals surface area (Å²) in [5.41, 5.74) is 3.35. The van der Waals surface area contributed by atoms with E-state index in [1.54, 1.807) is 0 Å². The molecule has 0 fully saturated rings. The maximum Gasteiger partial charge on any atom is 0.223 e. The van der Waals surface area contributed by atoms with Gasteiger partial charge in [-0.3, -0.25) is 4.79 Å². The van der Waals surface area contributed by atoms with Gasteiger partial charge in [-0.25, -0.2) is 4.98 Å². The summed E-state index contributed by atoms with van der Waals surface area (Å²) in [6.07, 6.45) is 5.60. The predicted molar refractivity (Wildman–Crippen MR) is 78.6 cm³/mol. The highest BCUT2D eigenvalue weighted by Crippen LogP contribution is 2.26. The maximum absolute atomic E-state index is 12.3. The molecule has 1 aliphatic rings. The molecule has 0 aliphatic heterocycles. The van der Waals surface area contributed by atoms with Crippen LogP contribution >= 0.6 is 0 Å². The average Bonchev–Trinajstić information content (AvgIpc) is 2.84. The van der Waals surface area contributed by atoms with Crippen molar-refractivity contribution in [3.63, 3.8) is 0 Å². The normalized spacial score (nSPS) is 19.6. The smallest absolute Gasteiger partial charge is 0.223 e. The van der Waals surface area contributed by atoms with Gasteiger partial charge in [0.15, 0.2) is 0 Å². The molecule has 2 aromatic rings. The molecule has 4 heteroatoms. The number of pyridine rings is 1. The molecule has 1 aliphatic carbocycles. The Balaban J connectivity index is 1.82. The zero-order valence-corrected chi connectivity index (χ0v) is 12.1. The molecule has 2 aromatic heterocycles. The van der Waals surface area contributed by atoms with Crippen molar-refractivity contribution < 1.29 is 4.79 Å². The van der Waals surface area contributed by atoms with Crippen molar-refractivity contribution in [3.8, 4) is 0 Å². The molecule has 0 saturated heterocycles. The lowest BCUT2D eigenvalue weighted by atomic mass is 9.89. The number of fused-ring (bicyclic) bond motifs is 3. The Bertz CT molecular complexity index is 632. The summed E-state index contributed by atoms with van der Waals surface area (Å²) < 4.78 is 2.12. The molecule has 2 unspecified atom stereocenters. The first-order valence-corrected chi connectivity index (χ1v) is 7.44. The molecule has 0 bridgehead atoms. The predicted octanol–water partition coefficient (Wildman–Crippen LogP) is 2.35. The van der Waals surface area contributed by atoms with Crippen LogP contribution in [-0.2, 0) is 17.6 Å². The fourth-order valence-corrected chi connectivity index (χ4v) is 2.84. The van der Waals surface area contributed by atoms with Crippen LogP contribution in [0, 0.1) is 5.92 Å². The van der Waals surface area contributed by atoms with Gasteiger partial charge in [0.05, 0.1) is 5.69 Å². The molecule has 2 atom stereocenters. The van der Waals surface area contributed by atoms with Crippen LogP contribution in [-0.4, -0.2) is 21.3 Å². The molecule has 0 saturated carbocycles. The first-order valence-electron chi connectivity index (χ1n) is 7.44. The van der Waals surface area contributed by atoms with Gasteiger partial charge in [0.1, 0.15) is 5.65 Å². The van der Waals surface area contributed by atoms with E-state index < -0.39 is 0 Å². The van der Waals surface area contributed by atoms with E-state index in [9.17, 15) is 4.79 Å². The highest BCUT2D eigenvalue weighted by Gasteiger charge is 2.28. The Labute approximate surface area is 119 Å². The molecule has 4 nitrogen and oxygen atoms in total. The molecular formula is C16H21N3O. The summed E-state index contributed by atoms with van der Waals surface area (Å²) in [4.78, 5) is 16.9. The Morgan fingerprint density at radius 1 is 1.55 bits per heavy atom. The second kappa shape index (κ2) is 5.27. The van der Waals surface area contributed by atoms with E-state index in [1.165, 1.54) is 5.69 Å². The number of imidazole rings is 1. The minimum atomic E-state index is 0.0802. The minimum absolute atomic E-state index is 0.0802. The third kappa shape index (κ3) is 2.30. The molecule has 106 valence electrons. The Hall–Kier alpha value is -1.84. The summed E-state index contributed by atoms with van der Waals surface area (Å²) in [5, 5.41) is 3.10. The van der Waals surface area contributed by atoms with E-state index >= 15 is 0 Å². The Kier molecular flexibility index (Phi) is 3.47. The van der Waals surface area contributed by atoms with E-state index in [0.717, 1.165) is 37.0 Å². The first kappa shape index (κ1) is 13.2. The third-order valence-electron chi connectivity index (χ3n) is 4.25. The number of aromatic nitrogens is 2. The third-order valence-corrected chi connectivity index (χ3v) is 4.25. The van der Waals surface area contributed by atoms with Crippen LogP contribution in [0.5, 0.6) is 0 Å². The fraction of sp³-hybridized carbons (Fsp3) is 0.500. The summed E-state index contributed by atoms with van der Waals surface area (Å²) in [6.45, 7) is 4.15. The van der Waals surface area contributed by atoms with Crippen molar-refractivity contribution in [2.45, 2.75) is 45.6 Å². The van der Waals surface area contributed by atoms with Crippen LogP contribution in [0.2, 0.25) is 0 Å². The molecule has 3 rings (SSSR count). The quantitative estimate of drug-likeness (QED) is 0.931. The van der Waals surface area contributed by atoms with Crippen LogP contribution in [0.3, 0.4) is 0 Å². The molecule has 0 aromatic carbocycles. The van der Waals surface area contributed by atoms with Gasteiger partial charge in [-0.05, 0) is 38.3 Å². The number of nitrogens with zero attached hydrogens (tertiary/aromatic N) is 2. The fourth-order valence-electron chi connectivity index (χ4n) is 2.84. The monoisotopic (exact) mass is 271 g/mol. The van der Waals surface area contributed by atoms with Crippen LogP contribution in [0.15, 0.2) is 24.4 Å². The Morgan fingerprint density at radius 3 is 3.20 bits per heavy atom. The van der Waals surface area contributed by atoms with Gasteiger partial charge in [-0.2, -0.15) is 0 Å². The minimum Gasteiger partial charge on any atom is -0.353 e. The van der Waals surface area contributed by atoms with Crippen molar-refractivity contribution in [2.75, 3.05) is 0 Å². The van der Waals surface area contributed by atoms with Gasteiger partial charge in [-0.15, -0.1) is 0 Å². The van der Waals surface area contributed by atoms with E-state index in [1.807, 2.05) is 24.4 Å². The zero-order chi connectivity index (χ0) is 14.1. The van der Waals surface area contributed by atoms with Crippen LogP contribution in [0.1, 0.15) is 38.1 Å². The highest BCUT2D eigenvalue weighted by atomic mass is 16.1. The maximum atomic E-state index is 12.3. The van der Waals surface area contributed by atoms with E-state index in [2.05, 4.69) is 28.5 Å². The van der Waals surface area contributed by atoms with Gasteiger partial charge in [-0.1, -0.05) is 13.0 Å². The summed E-state index contributed by atoms with van der Waals surface area (Å²) in [6, 6.07) is 6.29. The van der Waals surface area contributed by atoms with Gasteiger partial charge in [0.25, 0.3) is 0 Å². The lowest BCUT2D eigenvalue weighted by molar-refractivity contribution is -0.126. The number of carbonyl (C=O) groups is 1. The van der Waals surface area contributed by atoms with Crippen molar-refractivity contribution in [1.82, 2.24) is 14.7 Å². The van der Waals surface area contributed by atoms with Gasteiger partial charge in [0, 0.05) is 30.3 Å². The molecule has 0 radical (unpaired) electrons. The number of aryl methyl sites for hydroxylation is 1. The Morgan fingerprint density at radius 2 is 2.40 bits per heavy atom. The number of amides is 1. The summed E-state index contributed by atoms with van der Waals surface area (Å²) in [7, 11) is 0. The number of hydrogen-bond donors (Lipinski definition) is 1. The van der Waals surface area contributed by atoms with E-state index in [-0.39, 0.29) is 17.9 Å². The average molecular weight is 271 g/mol. The standard InChI is InChI=1S/C16H21N3O/c1-3-11(2)17-16(20)12-7-8-13-14(10-12)19-9-5-4-6-15(19)18-13/h4-6,9,11-12H,3,7-8,10H2,1-2H3,(H,17,20). The van der Waals surface area contributed by atoms with Crippen LogP contribution in [0.25, 0.3) is 5.65 Å². The number of rotatable bonds is 3. The summed E-state index contributed by atoms with van der Waals surface area (Å²) in [5.74, 6) is 0.271. The van der Waals surface area contributed by atoms with Crippen molar-refractivity contribution in [3.05, 3.63) is 35.8 Å². The first-order chi connectivity index (χ1) is 9.69. The molecule has 1 amide bonds. The zero-order valence-electron chi connectivity index (χ0n) is 12.1. The van der Waals surface area contributed by atoms with Crippen molar-refractivity contribution >= 4 is 11.6 Å². The lowest BCUT2D eigenvalue weighted by Crippen LogP contribution is -2.39. The summed E-state index contributed by atoms with van der Waals surface area (Å²) >= 11 is 0. The van der Waals surface area contributed by atoms with Crippen molar-refractivity contribution in [2.24, 2.45) is 5.92 Å². The lowest BCUT2D eigenvalue weighted by Gasteiger charge is -2.23.